The van der Waals surface area contributed by atoms with E-state index in [4.69, 9.17) is 10.5 Å². The van der Waals surface area contributed by atoms with Gasteiger partial charge in [0.2, 0.25) is 0 Å². The smallest absolute Gasteiger partial charge is 0.0981 e. The van der Waals surface area contributed by atoms with Gasteiger partial charge in [0.05, 0.1) is 19.3 Å². The van der Waals surface area contributed by atoms with Crippen LogP contribution in [0.5, 0.6) is 0 Å². The van der Waals surface area contributed by atoms with E-state index in [1.807, 2.05) is 0 Å². The second-order valence-electron chi connectivity index (χ2n) is 5.25. The fourth-order valence-corrected chi connectivity index (χ4v) is 2.44. The van der Waals surface area contributed by atoms with E-state index in [0.717, 1.165) is 13.0 Å². The summed E-state index contributed by atoms with van der Waals surface area (Å²) < 4.78 is 5.56. The minimum atomic E-state index is -0.0891. The maximum atomic E-state index is 9.22. The summed E-state index contributed by atoms with van der Waals surface area (Å²) in [6.45, 7) is 5.69. The van der Waals surface area contributed by atoms with Crippen molar-refractivity contribution >= 4 is 5.69 Å². The molecule has 0 aromatic heterocycles. The van der Waals surface area contributed by atoms with Crippen molar-refractivity contribution in [1.29, 1.82) is 0 Å². The quantitative estimate of drug-likeness (QED) is 0.868. The molecule has 4 nitrogen and oxygen atoms in total. The zero-order chi connectivity index (χ0) is 13.8. The summed E-state index contributed by atoms with van der Waals surface area (Å²) in [6.07, 6.45) is 0.855. The lowest BCUT2D eigenvalue weighted by Gasteiger charge is -2.39. The SMILES string of the molecule is CC[C@@H](N)c1ccc(N2CC(CO)OCC2C)cc1. The summed E-state index contributed by atoms with van der Waals surface area (Å²) in [5, 5.41) is 9.22. The molecule has 0 amide bonds. The highest BCUT2D eigenvalue weighted by atomic mass is 16.5. The van der Waals surface area contributed by atoms with Crippen LogP contribution in [-0.2, 0) is 4.74 Å². The lowest BCUT2D eigenvalue weighted by atomic mass is 10.0. The summed E-state index contributed by atoms with van der Waals surface area (Å²) in [5.74, 6) is 0. The molecule has 1 fully saturated rings. The number of nitrogens with zero attached hydrogens (tertiary/aromatic N) is 1. The number of benzene rings is 1. The van der Waals surface area contributed by atoms with E-state index >= 15 is 0 Å². The van der Waals surface area contributed by atoms with E-state index in [2.05, 4.69) is 43.0 Å². The van der Waals surface area contributed by atoms with Crippen LogP contribution in [0.3, 0.4) is 0 Å². The van der Waals surface area contributed by atoms with Crippen molar-refractivity contribution in [3.63, 3.8) is 0 Å². The number of nitrogens with two attached hydrogens (primary N) is 1. The number of hydrogen-bond donors (Lipinski definition) is 2. The summed E-state index contributed by atoms with van der Waals surface area (Å²) in [6, 6.07) is 8.86. The lowest BCUT2D eigenvalue weighted by molar-refractivity contribution is -0.0103. The Morgan fingerprint density at radius 1 is 1.42 bits per heavy atom. The van der Waals surface area contributed by atoms with Gasteiger partial charge in [0.1, 0.15) is 0 Å². The second-order valence-corrected chi connectivity index (χ2v) is 5.25. The van der Waals surface area contributed by atoms with Crippen molar-refractivity contribution in [3.05, 3.63) is 29.8 Å². The van der Waals surface area contributed by atoms with E-state index in [-0.39, 0.29) is 18.8 Å². The highest BCUT2D eigenvalue weighted by molar-refractivity contribution is 5.49. The third kappa shape index (κ3) is 3.26. The summed E-state index contributed by atoms with van der Waals surface area (Å²) >= 11 is 0. The Morgan fingerprint density at radius 3 is 2.68 bits per heavy atom. The predicted molar refractivity (Wildman–Crippen MR) is 77.3 cm³/mol. The van der Waals surface area contributed by atoms with Crippen LogP contribution < -0.4 is 10.6 Å². The molecule has 2 rings (SSSR count). The lowest BCUT2D eigenvalue weighted by Crippen LogP contribution is -2.49. The standard InChI is InChI=1S/C15H24N2O2/c1-3-15(16)12-4-6-13(7-5-12)17-8-14(9-18)19-10-11(17)2/h4-7,11,14-15,18H,3,8-10,16H2,1-2H3/t11?,14?,15-/m1/s1. The minimum absolute atomic E-state index is 0.0714. The Bertz CT molecular complexity index is 394. The molecule has 4 heteroatoms. The van der Waals surface area contributed by atoms with E-state index in [1.54, 1.807) is 0 Å². The topological polar surface area (TPSA) is 58.7 Å². The highest BCUT2D eigenvalue weighted by Gasteiger charge is 2.25. The molecule has 0 saturated carbocycles. The molecule has 3 atom stereocenters. The Hall–Kier alpha value is -1.10. The zero-order valence-corrected chi connectivity index (χ0v) is 11.7. The fourth-order valence-electron chi connectivity index (χ4n) is 2.44. The summed E-state index contributed by atoms with van der Waals surface area (Å²) in [4.78, 5) is 2.28. The van der Waals surface area contributed by atoms with Crippen LogP contribution >= 0.6 is 0 Å². The number of ether oxygens (including phenoxy) is 1. The monoisotopic (exact) mass is 264 g/mol. The molecule has 0 radical (unpaired) electrons. The van der Waals surface area contributed by atoms with Gasteiger partial charge in [0, 0.05) is 24.3 Å². The van der Waals surface area contributed by atoms with E-state index in [0.29, 0.717) is 12.6 Å². The number of hydrogen-bond acceptors (Lipinski definition) is 4. The first-order valence-corrected chi connectivity index (χ1v) is 7.00. The first-order chi connectivity index (χ1) is 9.15. The van der Waals surface area contributed by atoms with Gasteiger partial charge < -0.3 is 20.5 Å². The van der Waals surface area contributed by atoms with Crippen LogP contribution in [0.4, 0.5) is 5.69 Å². The number of morpholine rings is 1. The molecule has 1 heterocycles. The van der Waals surface area contributed by atoms with E-state index in [9.17, 15) is 5.11 Å². The van der Waals surface area contributed by atoms with Gasteiger partial charge in [-0.15, -0.1) is 0 Å². The third-order valence-electron chi connectivity index (χ3n) is 3.80. The average Bonchev–Trinajstić information content (AvgIpc) is 2.47. The average molecular weight is 264 g/mol. The van der Waals surface area contributed by atoms with Gasteiger partial charge >= 0.3 is 0 Å². The molecule has 19 heavy (non-hydrogen) atoms. The van der Waals surface area contributed by atoms with Crippen molar-refractivity contribution in [1.82, 2.24) is 0 Å². The maximum Gasteiger partial charge on any atom is 0.0981 e. The molecule has 0 aliphatic carbocycles. The first-order valence-electron chi connectivity index (χ1n) is 7.00. The van der Waals surface area contributed by atoms with Crippen LogP contribution in [0.15, 0.2) is 24.3 Å². The Kier molecular flexibility index (Phi) is 4.80. The Morgan fingerprint density at radius 2 is 2.11 bits per heavy atom. The number of aliphatic hydroxyl groups is 1. The predicted octanol–water partition coefficient (Wildman–Crippen LogP) is 1.68. The van der Waals surface area contributed by atoms with Gasteiger partial charge in [-0.05, 0) is 31.0 Å². The van der Waals surface area contributed by atoms with Gasteiger partial charge in [-0.25, -0.2) is 0 Å². The summed E-state index contributed by atoms with van der Waals surface area (Å²) in [7, 11) is 0. The van der Waals surface area contributed by atoms with Gasteiger partial charge in [-0.1, -0.05) is 19.1 Å². The van der Waals surface area contributed by atoms with Gasteiger partial charge in [-0.3, -0.25) is 0 Å². The van der Waals surface area contributed by atoms with Crippen molar-refractivity contribution in [2.45, 2.75) is 38.5 Å². The van der Waals surface area contributed by atoms with Gasteiger partial charge in [-0.2, -0.15) is 0 Å². The fraction of sp³-hybridized carbons (Fsp3) is 0.600. The van der Waals surface area contributed by atoms with Crippen molar-refractivity contribution in [2.24, 2.45) is 5.73 Å². The number of anilines is 1. The molecule has 1 aromatic carbocycles. The molecule has 1 aliphatic rings. The maximum absolute atomic E-state index is 9.22. The highest BCUT2D eigenvalue weighted by Crippen LogP contribution is 2.24. The number of rotatable bonds is 4. The van der Waals surface area contributed by atoms with Gasteiger partial charge in [0.25, 0.3) is 0 Å². The first kappa shape index (κ1) is 14.3. The van der Waals surface area contributed by atoms with Crippen molar-refractivity contribution < 1.29 is 9.84 Å². The van der Waals surface area contributed by atoms with Gasteiger partial charge in [0.15, 0.2) is 0 Å². The molecule has 3 N–H and O–H groups in total. The molecule has 2 unspecified atom stereocenters. The Balaban J connectivity index is 2.11. The van der Waals surface area contributed by atoms with E-state index < -0.39 is 0 Å². The molecule has 1 aromatic rings. The van der Waals surface area contributed by atoms with Crippen LogP contribution in [0, 0.1) is 0 Å². The second kappa shape index (κ2) is 6.37. The summed E-state index contributed by atoms with van der Waals surface area (Å²) in [5.41, 5.74) is 8.37. The van der Waals surface area contributed by atoms with Crippen LogP contribution in [0.2, 0.25) is 0 Å². The molecule has 0 bridgehead atoms. The third-order valence-corrected chi connectivity index (χ3v) is 3.80. The molecular weight excluding hydrogens is 240 g/mol. The van der Waals surface area contributed by atoms with E-state index in [1.165, 1.54) is 11.3 Å². The normalized spacial score (nSPS) is 25.4. The minimum Gasteiger partial charge on any atom is -0.394 e. The molecule has 1 saturated heterocycles. The number of aliphatic hydroxyl groups excluding tert-OH is 1. The van der Waals surface area contributed by atoms with Crippen molar-refractivity contribution in [3.8, 4) is 0 Å². The molecule has 0 spiro atoms. The largest absolute Gasteiger partial charge is 0.394 e. The molecule has 1 aliphatic heterocycles. The van der Waals surface area contributed by atoms with Crippen LogP contribution in [0.1, 0.15) is 31.9 Å². The molecule has 106 valence electrons. The van der Waals surface area contributed by atoms with Crippen molar-refractivity contribution in [2.75, 3.05) is 24.7 Å². The zero-order valence-electron chi connectivity index (χ0n) is 11.7. The Labute approximate surface area is 115 Å². The molecular formula is C15H24N2O2. The van der Waals surface area contributed by atoms with Crippen LogP contribution in [0.25, 0.3) is 0 Å². The van der Waals surface area contributed by atoms with Crippen LogP contribution in [-0.4, -0.2) is 37.0 Å².